The normalized spacial score (nSPS) is 37.7. The zero-order chi connectivity index (χ0) is 14.8. The molecule has 2 unspecified atom stereocenters. The van der Waals surface area contributed by atoms with E-state index in [9.17, 15) is 5.11 Å². The van der Waals surface area contributed by atoms with Gasteiger partial charge in [-0.25, -0.2) is 0 Å². The minimum atomic E-state index is 0.313. The van der Waals surface area contributed by atoms with Crippen LogP contribution in [0.5, 0.6) is 0 Å². The number of nitrogens with zero attached hydrogens (tertiary/aromatic N) is 1. The van der Waals surface area contributed by atoms with Crippen LogP contribution >= 0.6 is 0 Å². The lowest BCUT2D eigenvalue weighted by molar-refractivity contribution is -0.0503. The van der Waals surface area contributed by atoms with Crippen LogP contribution < -0.4 is 0 Å². The molecule has 5 heterocycles. The summed E-state index contributed by atoms with van der Waals surface area (Å²) in [5.41, 5.74) is 5.74. The lowest BCUT2D eigenvalue weighted by Gasteiger charge is -2.58. The lowest BCUT2D eigenvalue weighted by Crippen LogP contribution is -2.60. The average molecular weight is 294 g/mol. The molecule has 1 aromatic heterocycles. The number of aromatic amines is 1. The van der Waals surface area contributed by atoms with E-state index >= 15 is 0 Å². The van der Waals surface area contributed by atoms with Crippen LogP contribution in [-0.2, 0) is 6.42 Å². The fraction of sp³-hybridized carbons (Fsp3) is 0.474. The van der Waals surface area contributed by atoms with Crippen LogP contribution in [0.2, 0.25) is 0 Å². The highest BCUT2D eigenvalue weighted by atomic mass is 16.3. The summed E-state index contributed by atoms with van der Waals surface area (Å²) in [6.45, 7) is 3.55. The Bertz CT molecular complexity index is 775. The number of para-hydroxylation sites is 1. The second kappa shape index (κ2) is 4.46. The Morgan fingerprint density at radius 1 is 1.36 bits per heavy atom. The SMILES string of the molecule is CC=C1CN2C3Cc4c([nH]c5ccccc45)[C@@H]2C[C@@H]1[C@H]3CO. The standard InChI is InChI=1S/C19H22N2O/c1-2-11-9-21-17-8-14-12-5-3-4-6-16(12)20-19(14)18(21)7-13(11)15(17)10-22/h2-6,13,15,17-18,20,22H,7-10H2,1H3/t13-,15+,17?,18-/m0/s1. The average Bonchev–Trinajstić information content (AvgIpc) is 2.93. The number of aromatic nitrogens is 1. The molecule has 2 N–H and O–H groups in total. The molecule has 4 aliphatic heterocycles. The van der Waals surface area contributed by atoms with Gasteiger partial charge in [0.25, 0.3) is 0 Å². The molecule has 3 saturated heterocycles. The minimum absolute atomic E-state index is 0.313. The molecule has 0 radical (unpaired) electrons. The largest absolute Gasteiger partial charge is 0.396 e. The Morgan fingerprint density at radius 3 is 3.05 bits per heavy atom. The van der Waals surface area contributed by atoms with Crippen molar-refractivity contribution in [3.05, 3.63) is 47.2 Å². The van der Waals surface area contributed by atoms with E-state index in [-0.39, 0.29) is 0 Å². The molecule has 0 amide bonds. The van der Waals surface area contributed by atoms with Crippen LogP contribution in [0.1, 0.15) is 30.6 Å². The van der Waals surface area contributed by atoms with Gasteiger partial charge in [0.2, 0.25) is 0 Å². The molecule has 0 saturated carbocycles. The topological polar surface area (TPSA) is 39.3 Å². The van der Waals surface area contributed by atoms with Gasteiger partial charge in [-0.2, -0.15) is 0 Å². The van der Waals surface area contributed by atoms with Crippen molar-refractivity contribution in [2.24, 2.45) is 11.8 Å². The second-order valence-electron chi connectivity index (χ2n) is 7.07. The summed E-state index contributed by atoms with van der Waals surface area (Å²) in [6, 6.07) is 9.68. The summed E-state index contributed by atoms with van der Waals surface area (Å²) in [5.74, 6) is 0.965. The Labute approximate surface area is 130 Å². The van der Waals surface area contributed by atoms with Crippen LogP contribution in [0.15, 0.2) is 35.9 Å². The first kappa shape index (κ1) is 12.9. The number of allylic oxidation sites excluding steroid dienone is 1. The molecule has 4 aliphatic rings. The van der Waals surface area contributed by atoms with Crippen molar-refractivity contribution in [2.75, 3.05) is 13.2 Å². The van der Waals surface area contributed by atoms with Crippen molar-refractivity contribution in [1.82, 2.24) is 9.88 Å². The second-order valence-corrected chi connectivity index (χ2v) is 7.07. The van der Waals surface area contributed by atoms with Crippen molar-refractivity contribution < 1.29 is 5.11 Å². The maximum atomic E-state index is 9.99. The lowest BCUT2D eigenvalue weighted by atomic mass is 9.64. The van der Waals surface area contributed by atoms with Crippen LogP contribution in [0, 0.1) is 11.8 Å². The number of nitrogens with one attached hydrogen (secondary N) is 1. The van der Waals surface area contributed by atoms with Gasteiger partial charge in [0.15, 0.2) is 0 Å². The van der Waals surface area contributed by atoms with Gasteiger partial charge >= 0.3 is 0 Å². The number of hydrogen-bond donors (Lipinski definition) is 2. The van der Waals surface area contributed by atoms with Crippen LogP contribution in [-0.4, -0.2) is 34.2 Å². The predicted octanol–water partition coefficient (Wildman–Crippen LogP) is 3.02. The molecule has 22 heavy (non-hydrogen) atoms. The third-order valence-electron chi connectivity index (χ3n) is 6.33. The highest BCUT2D eigenvalue weighted by Gasteiger charge is 2.52. The van der Waals surface area contributed by atoms with Crippen molar-refractivity contribution >= 4 is 10.9 Å². The molecule has 3 fully saturated rings. The summed E-state index contributed by atoms with van der Waals surface area (Å²) in [5, 5.41) is 11.4. The third kappa shape index (κ3) is 1.48. The summed E-state index contributed by atoms with van der Waals surface area (Å²) in [4.78, 5) is 6.35. The van der Waals surface area contributed by atoms with Gasteiger partial charge in [-0.3, -0.25) is 4.90 Å². The molecular weight excluding hydrogens is 272 g/mol. The molecule has 114 valence electrons. The van der Waals surface area contributed by atoms with Gasteiger partial charge in [0, 0.05) is 41.7 Å². The third-order valence-corrected chi connectivity index (χ3v) is 6.33. The van der Waals surface area contributed by atoms with E-state index in [2.05, 4.69) is 47.1 Å². The van der Waals surface area contributed by atoms with Crippen LogP contribution in [0.3, 0.4) is 0 Å². The summed E-state index contributed by atoms with van der Waals surface area (Å²) >= 11 is 0. The fourth-order valence-corrected chi connectivity index (χ4v) is 5.32. The van der Waals surface area contributed by atoms with E-state index in [4.69, 9.17) is 0 Å². The zero-order valence-electron chi connectivity index (χ0n) is 12.9. The number of hydrogen-bond acceptors (Lipinski definition) is 2. The molecular formula is C19H22N2O. The molecule has 1 aromatic carbocycles. The van der Waals surface area contributed by atoms with E-state index in [0.29, 0.717) is 30.5 Å². The first-order valence-corrected chi connectivity index (χ1v) is 8.43. The van der Waals surface area contributed by atoms with E-state index in [1.807, 2.05) is 0 Å². The Kier molecular flexibility index (Phi) is 2.62. The smallest absolute Gasteiger partial charge is 0.0514 e. The van der Waals surface area contributed by atoms with Crippen LogP contribution in [0.4, 0.5) is 0 Å². The number of benzene rings is 1. The van der Waals surface area contributed by atoms with E-state index in [0.717, 1.165) is 19.4 Å². The van der Waals surface area contributed by atoms with Gasteiger partial charge in [-0.15, -0.1) is 0 Å². The first-order chi connectivity index (χ1) is 10.8. The minimum Gasteiger partial charge on any atom is -0.396 e. The molecule has 5 atom stereocenters. The Morgan fingerprint density at radius 2 is 2.23 bits per heavy atom. The van der Waals surface area contributed by atoms with Gasteiger partial charge in [0.1, 0.15) is 0 Å². The highest BCUT2D eigenvalue weighted by molar-refractivity contribution is 5.85. The van der Waals surface area contributed by atoms with Crippen LogP contribution in [0.25, 0.3) is 10.9 Å². The van der Waals surface area contributed by atoms with Gasteiger partial charge in [0.05, 0.1) is 6.04 Å². The molecule has 0 spiro atoms. The molecule has 0 aliphatic carbocycles. The number of aliphatic hydroxyl groups is 1. The summed E-state index contributed by atoms with van der Waals surface area (Å²) in [7, 11) is 0. The van der Waals surface area contributed by atoms with E-state index < -0.39 is 0 Å². The highest BCUT2D eigenvalue weighted by Crippen LogP contribution is 2.53. The van der Waals surface area contributed by atoms with E-state index in [1.54, 1.807) is 0 Å². The maximum absolute atomic E-state index is 9.99. The monoisotopic (exact) mass is 294 g/mol. The van der Waals surface area contributed by atoms with Crippen molar-refractivity contribution in [3.8, 4) is 0 Å². The predicted molar refractivity (Wildman–Crippen MR) is 87.7 cm³/mol. The number of H-pyrrole nitrogens is 1. The van der Waals surface area contributed by atoms with E-state index in [1.165, 1.54) is 27.7 Å². The fourth-order valence-electron chi connectivity index (χ4n) is 5.32. The van der Waals surface area contributed by atoms with Gasteiger partial charge in [-0.05, 0) is 37.3 Å². The van der Waals surface area contributed by atoms with Gasteiger partial charge < -0.3 is 10.1 Å². The number of fused-ring (bicyclic) bond motifs is 4. The Balaban J connectivity index is 1.69. The molecule has 6 rings (SSSR count). The number of aliphatic hydroxyl groups excluding tert-OH is 1. The Hall–Kier alpha value is -1.58. The molecule has 4 bridgehead atoms. The summed E-state index contributed by atoms with van der Waals surface area (Å²) < 4.78 is 0. The summed E-state index contributed by atoms with van der Waals surface area (Å²) in [6.07, 6.45) is 4.51. The number of rotatable bonds is 1. The van der Waals surface area contributed by atoms with Crippen molar-refractivity contribution in [3.63, 3.8) is 0 Å². The zero-order valence-corrected chi connectivity index (χ0v) is 12.9. The molecule has 2 aromatic rings. The maximum Gasteiger partial charge on any atom is 0.0514 e. The first-order valence-electron chi connectivity index (χ1n) is 8.43. The van der Waals surface area contributed by atoms with Gasteiger partial charge in [-0.1, -0.05) is 29.8 Å². The molecule has 3 nitrogen and oxygen atoms in total. The quantitative estimate of drug-likeness (QED) is 0.794. The molecule has 3 heteroatoms. The number of piperidine rings is 3. The van der Waals surface area contributed by atoms with Crippen molar-refractivity contribution in [1.29, 1.82) is 0 Å². The van der Waals surface area contributed by atoms with Crippen molar-refractivity contribution in [2.45, 2.75) is 31.8 Å².